The van der Waals surface area contributed by atoms with E-state index in [2.05, 4.69) is 13.2 Å². The molecule has 0 aromatic heterocycles. The summed E-state index contributed by atoms with van der Waals surface area (Å²) >= 11 is 4.71. The van der Waals surface area contributed by atoms with Crippen molar-refractivity contribution in [1.29, 1.82) is 11.1 Å². The first kappa shape index (κ1) is 16.4. The van der Waals surface area contributed by atoms with Gasteiger partial charge in [0.05, 0.1) is 0 Å². The van der Waals surface area contributed by atoms with Crippen LogP contribution in [0.4, 0.5) is 0 Å². The highest BCUT2D eigenvalue weighted by molar-refractivity contribution is 6.66. The minimum Gasteiger partial charge on any atom is -0.276 e. The summed E-state index contributed by atoms with van der Waals surface area (Å²) in [6, 6.07) is 10.0. The molecule has 0 unspecified atom stereocenters. The highest BCUT2D eigenvalue weighted by Gasteiger charge is 1.75. The number of nitrogens with zero attached hydrogens (tertiary/aromatic N) is 1. The molecule has 1 aromatic rings. The van der Waals surface area contributed by atoms with Crippen LogP contribution in [0.2, 0.25) is 0 Å². The van der Waals surface area contributed by atoms with Crippen LogP contribution in [0, 0.1) is 11.1 Å². The van der Waals surface area contributed by atoms with E-state index in [-0.39, 0.29) is 0 Å². The van der Waals surface area contributed by atoms with Crippen LogP contribution < -0.4 is 4.91 Å². The molecule has 0 radical (unpaired) electrons. The van der Waals surface area contributed by atoms with Gasteiger partial charge in [0.15, 0.2) is 0 Å². The predicted molar refractivity (Wildman–Crippen MR) is 65.2 cm³/mol. The van der Waals surface area contributed by atoms with Crippen molar-refractivity contribution in [2.75, 3.05) is 0 Å². The summed E-state index contributed by atoms with van der Waals surface area (Å²) in [5, 5.41) is -0.509. The molecule has 0 amide bonds. The number of rotatable bonds is 2. The van der Waals surface area contributed by atoms with E-state index in [1.807, 2.05) is 41.3 Å². The second-order valence-corrected chi connectivity index (χ2v) is 2.61. The maximum absolute atomic E-state index is 9.46. The first-order valence-corrected chi connectivity index (χ1v) is 4.52. The molecule has 0 saturated heterocycles. The molecule has 1 aromatic carbocycles. The molecule has 0 aliphatic carbocycles. The topological polar surface area (TPSA) is 78.9 Å². The van der Waals surface area contributed by atoms with Crippen molar-refractivity contribution in [2.24, 2.45) is 0 Å². The van der Waals surface area contributed by atoms with Gasteiger partial charge in [-0.15, -0.1) is 0 Å². The third-order valence-corrected chi connectivity index (χ3v) is 1.35. The lowest BCUT2D eigenvalue weighted by atomic mass is 10.2. The Bertz CT molecular complexity index is 357. The van der Waals surface area contributed by atoms with Crippen molar-refractivity contribution < 1.29 is 4.79 Å². The summed E-state index contributed by atoms with van der Waals surface area (Å²) in [4.78, 5) is 11.5. The average Bonchev–Trinajstić information content (AvgIpc) is 2.32. The molecule has 1 rings (SSSR count). The molecular weight excluding hydrogens is 226 g/mol. The van der Waals surface area contributed by atoms with E-state index in [4.69, 9.17) is 22.7 Å². The molecule has 2 N–H and O–H groups in total. The fourth-order valence-corrected chi connectivity index (χ4v) is 0.589. The molecule has 16 heavy (non-hydrogen) atoms. The Morgan fingerprint density at radius 3 is 1.81 bits per heavy atom. The van der Waals surface area contributed by atoms with Crippen molar-refractivity contribution in [2.45, 2.75) is 0 Å². The van der Waals surface area contributed by atoms with Gasteiger partial charge in [-0.05, 0) is 23.2 Å². The number of benzene rings is 1. The number of hydrogen-bond donors (Lipinski definition) is 2. The minimum absolute atomic E-state index is 0.509. The number of carbonyl (C=O) groups excluding carboxylic acids is 1. The first-order valence-electron chi connectivity index (χ1n) is 4.14. The van der Waals surface area contributed by atoms with Gasteiger partial charge in [-0.1, -0.05) is 49.6 Å². The smallest absolute Gasteiger partial charge is 0.244 e. The number of carbonyl (C=O) groups is 1. The van der Waals surface area contributed by atoms with Gasteiger partial charge < -0.3 is 0 Å². The fourth-order valence-electron chi connectivity index (χ4n) is 0.589. The summed E-state index contributed by atoms with van der Waals surface area (Å²) < 4.78 is 0. The summed E-state index contributed by atoms with van der Waals surface area (Å²) in [6.07, 6.45) is 2.88. The lowest BCUT2D eigenvalue weighted by molar-refractivity contribution is -0.107. The number of allylic oxidation sites excluding steroid dienone is 1. The van der Waals surface area contributed by atoms with E-state index in [0.29, 0.717) is 0 Å². The van der Waals surface area contributed by atoms with Crippen molar-refractivity contribution in [3.8, 4) is 0 Å². The first-order chi connectivity index (χ1) is 7.62. The highest BCUT2D eigenvalue weighted by atomic mass is 35.5. The normalized spacial score (nSPS) is 6.81. The van der Waals surface area contributed by atoms with E-state index in [9.17, 15) is 4.79 Å². The molecule has 0 aliphatic heterocycles. The summed E-state index contributed by atoms with van der Waals surface area (Å²) in [7, 11) is 0. The fraction of sp³-hybridized carbons (Fsp3) is 0. The van der Waals surface area contributed by atoms with E-state index in [1.54, 1.807) is 0 Å². The van der Waals surface area contributed by atoms with E-state index >= 15 is 0 Å². The SMILES string of the molecule is C=CC(=O)Cl.C=Cc1ccccc1.N=[N+]=N. The maximum atomic E-state index is 9.46. The lowest BCUT2D eigenvalue weighted by Crippen LogP contribution is -1.67. The molecular formula is C11H13ClN3O+. The van der Waals surface area contributed by atoms with Gasteiger partial charge in [0.25, 0.3) is 0 Å². The number of nitrogens with one attached hydrogen (secondary N) is 2. The number of halogens is 1. The zero-order valence-corrected chi connectivity index (χ0v) is 9.45. The monoisotopic (exact) mass is 238 g/mol. The van der Waals surface area contributed by atoms with Crippen LogP contribution in [0.15, 0.2) is 49.6 Å². The molecule has 0 spiro atoms. The number of hydrogen-bond acceptors (Lipinski definition) is 3. The lowest BCUT2D eigenvalue weighted by Gasteiger charge is -1.85. The van der Waals surface area contributed by atoms with Crippen molar-refractivity contribution in [1.82, 2.24) is 4.91 Å². The van der Waals surface area contributed by atoms with Gasteiger partial charge in [0, 0.05) is 0 Å². The molecule has 84 valence electrons. The zero-order valence-electron chi connectivity index (χ0n) is 8.69. The van der Waals surface area contributed by atoms with Gasteiger partial charge in [-0.25, -0.2) is 0 Å². The van der Waals surface area contributed by atoms with Gasteiger partial charge in [-0.3, -0.25) is 4.79 Å². The van der Waals surface area contributed by atoms with E-state index in [1.165, 1.54) is 5.56 Å². The molecule has 0 atom stereocenters. The Balaban J connectivity index is 0. The largest absolute Gasteiger partial charge is 0.276 e. The molecule has 4 nitrogen and oxygen atoms in total. The van der Waals surface area contributed by atoms with Crippen LogP contribution in [0.25, 0.3) is 6.08 Å². The van der Waals surface area contributed by atoms with E-state index in [0.717, 1.165) is 6.08 Å². The van der Waals surface area contributed by atoms with E-state index < -0.39 is 5.24 Å². The minimum atomic E-state index is -0.509. The third-order valence-electron chi connectivity index (χ3n) is 1.20. The van der Waals surface area contributed by atoms with Gasteiger partial charge in [-0.2, -0.15) is 0 Å². The summed E-state index contributed by atoms with van der Waals surface area (Å²) in [6.45, 7) is 6.71. The van der Waals surface area contributed by atoms with Gasteiger partial charge >= 0.3 is 0 Å². The third kappa shape index (κ3) is 14.5. The Kier molecular flexibility index (Phi) is 13.3. The molecule has 0 saturated carbocycles. The average molecular weight is 239 g/mol. The van der Waals surface area contributed by atoms with Crippen LogP contribution in [0.5, 0.6) is 0 Å². The highest BCUT2D eigenvalue weighted by Crippen LogP contribution is 1.97. The van der Waals surface area contributed by atoms with Crippen LogP contribution in [0.1, 0.15) is 5.56 Å². The standard InChI is InChI=1S/C8H8.C3H3ClO.H2N3/c1-2-8-6-4-3-5-7-8;1-2-3(4)5;1-3-2/h2-7H,1H2;2H,1H2;1-2H/q;;+1. The van der Waals surface area contributed by atoms with Gasteiger partial charge in [0.2, 0.25) is 10.2 Å². The van der Waals surface area contributed by atoms with Crippen molar-refractivity contribution >= 4 is 22.9 Å². The van der Waals surface area contributed by atoms with Crippen molar-refractivity contribution in [3.05, 3.63) is 55.1 Å². The summed E-state index contributed by atoms with van der Waals surface area (Å²) in [5.41, 5.74) is 12.2. The molecule has 0 bridgehead atoms. The van der Waals surface area contributed by atoms with Gasteiger partial charge in [0.1, 0.15) is 11.1 Å². The van der Waals surface area contributed by atoms with Crippen LogP contribution in [-0.2, 0) is 4.79 Å². The van der Waals surface area contributed by atoms with Crippen LogP contribution in [0.3, 0.4) is 0 Å². The Morgan fingerprint density at radius 1 is 1.25 bits per heavy atom. The second-order valence-electron chi connectivity index (χ2n) is 2.23. The van der Waals surface area contributed by atoms with Crippen LogP contribution >= 0.6 is 11.6 Å². The second kappa shape index (κ2) is 13.0. The van der Waals surface area contributed by atoms with Crippen molar-refractivity contribution in [3.63, 3.8) is 0 Å². The molecule has 0 fully saturated rings. The summed E-state index contributed by atoms with van der Waals surface area (Å²) in [5.74, 6) is 0. The Labute approximate surface area is 99.3 Å². The van der Waals surface area contributed by atoms with Crippen LogP contribution in [-0.4, -0.2) is 5.24 Å². The predicted octanol–water partition coefficient (Wildman–Crippen LogP) is 3.38. The maximum Gasteiger partial charge on any atom is 0.244 e. The Hall–Kier alpha value is -2.03. The zero-order chi connectivity index (χ0) is 12.8. The molecule has 0 heterocycles. The Morgan fingerprint density at radius 2 is 1.62 bits per heavy atom. The quantitative estimate of drug-likeness (QED) is 0.352. The molecule has 0 aliphatic rings. The molecule has 5 heteroatoms.